The Morgan fingerprint density at radius 3 is 2.74 bits per heavy atom. The summed E-state index contributed by atoms with van der Waals surface area (Å²) in [5, 5.41) is 12.2. The lowest BCUT2D eigenvalue weighted by molar-refractivity contribution is -0.384. The third-order valence-corrected chi connectivity index (χ3v) is 5.54. The summed E-state index contributed by atoms with van der Waals surface area (Å²) < 4.78 is 1.73. The number of aromatic nitrogens is 2. The van der Waals surface area contributed by atoms with Gasteiger partial charge in [0.25, 0.3) is 11.2 Å². The molecule has 0 amide bonds. The molecule has 0 saturated carbocycles. The minimum absolute atomic E-state index is 0.0391. The van der Waals surface area contributed by atoms with Gasteiger partial charge in [-0.05, 0) is 31.0 Å². The standard InChI is InChI=1S/C20H21N3O3S/c1-3-4-12-22-19(24)17-10-5-6-11-18(17)21-20(22)27-14(2)15-8-7-9-16(13-15)23(25)26/h5-11,13-14H,3-4,12H2,1-2H3. The highest BCUT2D eigenvalue weighted by Gasteiger charge is 2.17. The Morgan fingerprint density at radius 1 is 1.22 bits per heavy atom. The molecular weight excluding hydrogens is 362 g/mol. The van der Waals surface area contributed by atoms with Crippen molar-refractivity contribution in [1.82, 2.24) is 9.55 Å². The largest absolute Gasteiger partial charge is 0.287 e. The summed E-state index contributed by atoms with van der Waals surface area (Å²) in [6, 6.07) is 13.9. The summed E-state index contributed by atoms with van der Waals surface area (Å²) in [5.74, 6) is 0. The number of thioether (sulfide) groups is 1. The van der Waals surface area contributed by atoms with Gasteiger partial charge >= 0.3 is 0 Å². The van der Waals surface area contributed by atoms with Gasteiger partial charge in [-0.1, -0.05) is 49.4 Å². The van der Waals surface area contributed by atoms with Crippen molar-refractivity contribution in [3.63, 3.8) is 0 Å². The van der Waals surface area contributed by atoms with E-state index >= 15 is 0 Å². The predicted molar refractivity (Wildman–Crippen MR) is 108 cm³/mol. The van der Waals surface area contributed by atoms with Crippen molar-refractivity contribution >= 4 is 28.4 Å². The fraction of sp³-hybridized carbons (Fsp3) is 0.300. The normalized spacial score (nSPS) is 12.2. The van der Waals surface area contributed by atoms with Crippen LogP contribution in [0, 0.1) is 10.1 Å². The molecule has 0 aliphatic rings. The number of hydrogen-bond acceptors (Lipinski definition) is 5. The molecule has 3 rings (SSSR count). The number of non-ortho nitro benzene ring substituents is 1. The second-order valence-corrected chi connectivity index (χ2v) is 7.64. The van der Waals surface area contributed by atoms with E-state index in [4.69, 9.17) is 4.98 Å². The summed E-state index contributed by atoms with van der Waals surface area (Å²) in [4.78, 5) is 28.3. The Labute approximate surface area is 161 Å². The number of unbranched alkanes of at least 4 members (excludes halogenated alkanes) is 1. The van der Waals surface area contributed by atoms with E-state index in [1.807, 2.05) is 31.2 Å². The quantitative estimate of drug-likeness (QED) is 0.249. The van der Waals surface area contributed by atoms with Crippen LogP contribution in [-0.4, -0.2) is 14.5 Å². The van der Waals surface area contributed by atoms with Crippen LogP contribution in [0.5, 0.6) is 0 Å². The van der Waals surface area contributed by atoms with E-state index in [-0.39, 0.29) is 16.5 Å². The molecule has 1 heterocycles. The van der Waals surface area contributed by atoms with Gasteiger partial charge in [-0.15, -0.1) is 0 Å². The zero-order valence-corrected chi connectivity index (χ0v) is 16.1. The molecule has 1 unspecified atom stereocenters. The van der Waals surface area contributed by atoms with E-state index < -0.39 is 4.92 Å². The van der Waals surface area contributed by atoms with Crippen molar-refractivity contribution in [1.29, 1.82) is 0 Å². The molecule has 0 fully saturated rings. The molecule has 0 aliphatic heterocycles. The van der Waals surface area contributed by atoms with Crippen LogP contribution >= 0.6 is 11.8 Å². The molecule has 3 aromatic rings. The van der Waals surface area contributed by atoms with Crippen molar-refractivity contribution < 1.29 is 4.92 Å². The smallest absolute Gasteiger partial charge is 0.269 e. The summed E-state index contributed by atoms with van der Waals surface area (Å²) in [6.45, 7) is 4.66. The molecule has 0 spiro atoms. The Morgan fingerprint density at radius 2 is 2.00 bits per heavy atom. The summed E-state index contributed by atoms with van der Waals surface area (Å²) in [5.41, 5.74) is 1.53. The molecule has 1 atom stereocenters. The summed E-state index contributed by atoms with van der Waals surface area (Å²) >= 11 is 1.45. The zero-order chi connectivity index (χ0) is 19.4. The van der Waals surface area contributed by atoms with E-state index in [9.17, 15) is 14.9 Å². The van der Waals surface area contributed by atoms with Gasteiger partial charge in [0, 0.05) is 23.9 Å². The fourth-order valence-electron chi connectivity index (χ4n) is 2.87. The Kier molecular flexibility index (Phi) is 5.91. The van der Waals surface area contributed by atoms with Crippen LogP contribution in [0.2, 0.25) is 0 Å². The molecule has 27 heavy (non-hydrogen) atoms. The summed E-state index contributed by atoms with van der Waals surface area (Å²) in [7, 11) is 0. The topological polar surface area (TPSA) is 78.0 Å². The van der Waals surface area contributed by atoms with Crippen LogP contribution < -0.4 is 5.56 Å². The molecule has 0 N–H and O–H groups in total. The Balaban J connectivity index is 2.01. The van der Waals surface area contributed by atoms with E-state index in [0.29, 0.717) is 22.6 Å². The predicted octanol–water partition coefficient (Wildman–Crippen LogP) is 4.96. The lowest BCUT2D eigenvalue weighted by atomic mass is 10.1. The average molecular weight is 383 g/mol. The highest BCUT2D eigenvalue weighted by molar-refractivity contribution is 7.99. The first-order valence-corrected chi connectivity index (χ1v) is 9.79. The van der Waals surface area contributed by atoms with Crippen molar-refractivity contribution in [3.8, 4) is 0 Å². The highest BCUT2D eigenvalue weighted by Crippen LogP contribution is 2.35. The SMILES string of the molecule is CCCCn1c(SC(C)c2cccc([N+](=O)[O-])c2)nc2ccccc2c1=O. The van der Waals surface area contributed by atoms with Gasteiger partial charge in [0.1, 0.15) is 0 Å². The minimum atomic E-state index is -0.396. The second-order valence-electron chi connectivity index (χ2n) is 6.33. The van der Waals surface area contributed by atoms with Gasteiger partial charge in [0.15, 0.2) is 5.16 Å². The number of nitro benzene ring substituents is 1. The lowest BCUT2D eigenvalue weighted by Gasteiger charge is -2.16. The minimum Gasteiger partial charge on any atom is -0.287 e. The van der Waals surface area contributed by atoms with Crippen LogP contribution in [0.1, 0.15) is 37.5 Å². The Bertz CT molecular complexity index is 1030. The van der Waals surface area contributed by atoms with Crippen molar-refractivity contribution in [2.45, 2.75) is 43.6 Å². The third-order valence-electron chi connectivity index (χ3n) is 4.39. The number of nitrogens with zero attached hydrogens (tertiary/aromatic N) is 3. The Hall–Kier alpha value is -2.67. The molecule has 140 valence electrons. The monoisotopic (exact) mass is 383 g/mol. The lowest BCUT2D eigenvalue weighted by Crippen LogP contribution is -2.23. The molecule has 0 bridgehead atoms. The number of fused-ring (bicyclic) bond motifs is 1. The maximum Gasteiger partial charge on any atom is 0.269 e. The first-order valence-electron chi connectivity index (χ1n) is 8.92. The van der Waals surface area contributed by atoms with Gasteiger partial charge in [-0.2, -0.15) is 0 Å². The van der Waals surface area contributed by atoms with Crippen molar-refractivity contribution in [2.24, 2.45) is 0 Å². The van der Waals surface area contributed by atoms with Crippen LogP contribution in [0.3, 0.4) is 0 Å². The van der Waals surface area contributed by atoms with Gasteiger partial charge in [0.2, 0.25) is 0 Å². The second kappa shape index (κ2) is 8.35. The van der Waals surface area contributed by atoms with Crippen LogP contribution in [0.4, 0.5) is 5.69 Å². The maximum atomic E-state index is 12.9. The van der Waals surface area contributed by atoms with Crippen LogP contribution in [-0.2, 0) is 6.54 Å². The van der Waals surface area contributed by atoms with Gasteiger partial charge in [-0.25, -0.2) is 4.98 Å². The number of para-hydroxylation sites is 1. The van der Waals surface area contributed by atoms with Crippen molar-refractivity contribution in [3.05, 3.63) is 74.6 Å². The number of nitro groups is 1. The molecule has 1 aromatic heterocycles. The number of hydrogen-bond donors (Lipinski definition) is 0. The van der Waals surface area contributed by atoms with E-state index in [1.54, 1.807) is 22.8 Å². The van der Waals surface area contributed by atoms with Gasteiger partial charge in [0.05, 0.1) is 15.8 Å². The fourth-order valence-corrected chi connectivity index (χ4v) is 3.92. The first kappa shape index (κ1) is 19.1. The zero-order valence-electron chi connectivity index (χ0n) is 15.3. The van der Waals surface area contributed by atoms with Crippen molar-refractivity contribution in [2.75, 3.05) is 0 Å². The molecule has 7 heteroatoms. The van der Waals surface area contributed by atoms with Gasteiger partial charge in [-0.3, -0.25) is 19.5 Å². The average Bonchev–Trinajstić information content (AvgIpc) is 2.68. The number of rotatable bonds is 7. The molecule has 0 radical (unpaired) electrons. The molecule has 6 nitrogen and oxygen atoms in total. The molecule has 0 saturated heterocycles. The van der Waals surface area contributed by atoms with Crippen LogP contribution in [0.25, 0.3) is 10.9 Å². The third kappa shape index (κ3) is 4.19. The van der Waals surface area contributed by atoms with E-state index in [1.165, 1.54) is 17.8 Å². The van der Waals surface area contributed by atoms with E-state index in [0.717, 1.165) is 18.4 Å². The number of benzene rings is 2. The molecule has 2 aromatic carbocycles. The molecular formula is C20H21N3O3S. The first-order chi connectivity index (χ1) is 13.0. The van der Waals surface area contributed by atoms with Crippen LogP contribution in [0.15, 0.2) is 58.5 Å². The maximum absolute atomic E-state index is 12.9. The van der Waals surface area contributed by atoms with Gasteiger partial charge < -0.3 is 0 Å². The molecule has 0 aliphatic carbocycles. The highest BCUT2D eigenvalue weighted by atomic mass is 32.2. The summed E-state index contributed by atoms with van der Waals surface area (Å²) in [6.07, 6.45) is 1.86. The van der Waals surface area contributed by atoms with E-state index in [2.05, 4.69) is 6.92 Å².